The average Bonchev–Trinajstić information content (AvgIpc) is 3.38. The number of carbonyl (C=O) groups is 1. The van der Waals surface area contributed by atoms with Gasteiger partial charge in [0, 0.05) is 25.7 Å². The van der Waals surface area contributed by atoms with Crippen LogP contribution in [-0.4, -0.2) is 54.0 Å². The van der Waals surface area contributed by atoms with E-state index in [9.17, 15) is 4.79 Å². The minimum atomic E-state index is 0.124. The van der Waals surface area contributed by atoms with Gasteiger partial charge in [-0.05, 0) is 37.9 Å². The molecule has 1 amide bonds. The number of hydrogen-bond donors (Lipinski definition) is 0. The molecule has 1 aromatic carbocycles. The maximum atomic E-state index is 13.0. The summed E-state index contributed by atoms with van der Waals surface area (Å²) in [6.07, 6.45) is 3.52. The molecule has 0 bridgehead atoms. The van der Waals surface area contributed by atoms with Gasteiger partial charge in [0.05, 0.1) is 11.7 Å². The van der Waals surface area contributed by atoms with Gasteiger partial charge in [-0.2, -0.15) is 0 Å². The molecule has 4 heteroatoms. The second-order valence-electron chi connectivity index (χ2n) is 6.27. The van der Waals surface area contributed by atoms with Crippen LogP contribution in [0.15, 0.2) is 24.3 Å². The van der Waals surface area contributed by atoms with Gasteiger partial charge in [-0.3, -0.25) is 9.69 Å². The molecule has 120 valence electrons. The van der Waals surface area contributed by atoms with E-state index in [0.29, 0.717) is 12.1 Å². The average molecular weight is 302 g/mol. The van der Waals surface area contributed by atoms with E-state index in [0.717, 1.165) is 56.8 Å². The topological polar surface area (TPSA) is 32.8 Å². The van der Waals surface area contributed by atoms with E-state index in [1.54, 1.807) is 0 Å². The molecule has 1 atom stereocenters. The Balaban J connectivity index is 1.77. The van der Waals surface area contributed by atoms with Crippen LogP contribution in [-0.2, 0) is 0 Å². The van der Waals surface area contributed by atoms with Crippen molar-refractivity contribution >= 4 is 5.91 Å². The third kappa shape index (κ3) is 3.27. The van der Waals surface area contributed by atoms with Crippen molar-refractivity contribution < 1.29 is 9.53 Å². The predicted molar refractivity (Wildman–Crippen MR) is 87.3 cm³/mol. The second kappa shape index (κ2) is 6.69. The lowest BCUT2D eigenvalue weighted by atomic mass is 10.1. The highest BCUT2D eigenvalue weighted by Gasteiger charge is 2.31. The molecule has 1 saturated heterocycles. The van der Waals surface area contributed by atoms with Crippen LogP contribution >= 0.6 is 0 Å². The first-order chi connectivity index (χ1) is 10.7. The predicted octanol–water partition coefficient (Wildman–Crippen LogP) is 2.78. The lowest BCUT2D eigenvalue weighted by molar-refractivity contribution is 0.0452. The summed E-state index contributed by atoms with van der Waals surface area (Å²) in [7, 11) is 0. The summed E-state index contributed by atoms with van der Waals surface area (Å²) in [6.45, 7) is 8.15. The summed E-state index contributed by atoms with van der Waals surface area (Å²) in [5.74, 6) is 0.877. The zero-order valence-electron chi connectivity index (χ0n) is 13.6. The summed E-state index contributed by atoms with van der Waals surface area (Å²) < 4.78 is 5.92. The molecule has 4 nitrogen and oxygen atoms in total. The molecule has 2 aliphatic rings. The van der Waals surface area contributed by atoms with Crippen molar-refractivity contribution in [3.8, 4) is 5.75 Å². The molecule has 1 aromatic rings. The Morgan fingerprint density at radius 2 is 2.00 bits per heavy atom. The lowest BCUT2D eigenvalue weighted by Gasteiger charge is -2.41. The van der Waals surface area contributed by atoms with Crippen LogP contribution in [0.5, 0.6) is 5.75 Å². The number of likely N-dealkylation sites (N-methyl/N-ethyl adjacent to an activating group) is 1. The van der Waals surface area contributed by atoms with Crippen LogP contribution in [0.3, 0.4) is 0 Å². The standard InChI is InChI=1S/C18H26N2O2/c1-3-14-13-19(4-2)11-12-20(14)18(21)16-7-5-6-8-17(16)22-15-9-10-15/h5-8,14-15H,3-4,9-13H2,1-2H3. The lowest BCUT2D eigenvalue weighted by Crippen LogP contribution is -2.54. The molecule has 1 saturated carbocycles. The van der Waals surface area contributed by atoms with Crippen LogP contribution in [0.2, 0.25) is 0 Å². The van der Waals surface area contributed by atoms with E-state index in [1.165, 1.54) is 0 Å². The SMILES string of the molecule is CCC1CN(CC)CCN1C(=O)c1ccccc1OC1CC1. The van der Waals surface area contributed by atoms with Crippen LogP contribution in [0, 0.1) is 0 Å². The number of carbonyl (C=O) groups excluding carboxylic acids is 1. The van der Waals surface area contributed by atoms with Crippen LogP contribution in [0.25, 0.3) is 0 Å². The summed E-state index contributed by atoms with van der Waals surface area (Å²) in [5, 5.41) is 0. The highest BCUT2D eigenvalue weighted by atomic mass is 16.5. The third-order valence-electron chi connectivity index (χ3n) is 4.68. The van der Waals surface area contributed by atoms with E-state index in [-0.39, 0.29) is 5.91 Å². The quantitative estimate of drug-likeness (QED) is 0.838. The molecule has 1 aliphatic heterocycles. The molecular formula is C18H26N2O2. The fourth-order valence-corrected chi connectivity index (χ4v) is 3.09. The van der Waals surface area contributed by atoms with Crippen molar-refractivity contribution in [1.29, 1.82) is 0 Å². The molecule has 3 rings (SSSR count). The number of ether oxygens (including phenoxy) is 1. The highest BCUT2D eigenvalue weighted by Crippen LogP contribution is 2.30. The van der Waals surface area contributed by atoms with Gasteiger partial charge < -0.3 is 9.64 Å². The number of nitrogens with zero attached hydrogens (tertiary/aromatic N) is 2. The first-order valence-electron chi connectivity index (χ1n) is 8.52. The monoisotopic (exact) mass is 302 g/mol. The molecule has 22 heavy (non-hydrogen) atoms. The van der Waals surface area contributed by atoms with Crippen molar-refractivity contribution in [2.45, 2.75) is 45.3 Å². The van der Waals surface area contributed by atoms with Crippen molar-refractivity contribution in [1.82, 2.24) is 9.80 Å². The van der Waals surface area contributed by atoms with Gasteiger partial charge in [-0.1, -0.05) is 26.0 Å². The van der Waals surface area contributed by atoms with Gasteiger partial charge in [0.15, 0.2) is 0 Å². The number of benzene rings is 1. The molecule has 0 spiro atoms. The zero-order chi connectivity index (χ0) is 15.5. The van der Waals surface area contributed by atoms with E-state index < -0.39 is 0 Å². The van der Waals surface area contributed by atoms with Crippen molar-refractivity contribution in [3.63, 3.8) is 0 Å². The van der Waals surface area contributed by atoms with Gasteiger partial charge in [-0.15, -0.1) is 0 Å². The van der Waals surface area contributed by atoms with Gasteiger partial charge in [0.25, 0.3) is 5.91 Å². The number of para-hydroxylation sites is 1. The second-order valence-corrected chi connectivity index (χ2v) is 6.27. The Hall–Kier alpha value is -1.55. The maximum absolute atomic E-state index is 13.0. The van der Waals surface area contributed by atoms with Gasteiger partial charge in [-0.25, -0.2) is 0 Å². The van der Waals surface area contributed by atoms with Gasteiger partial charge in [0.1, 0.15) is 5.75 Å². The summed E-state index contributed by atoms with van der Waals surface area (Å²) in [4.78, 5) is 17.5. The van der Waals surface area contributed by atoms with Gasteiger partial charge >= 0.3 is 0 Å². The van der Waals surface area contributed by atoms with E-state index in [1.807, 2.05) is 29.2 Å². The molecule has 1 heterocycles. The molecule has 0 radical (unpaired) electrons. The van der Waals surface area contributed by atoms with E-state index in [2.05, 4.69) is 18.7 Å². The Kier molecular flexibility index (Phi) is 4.67. The number of hydrogen-bond acceptors (Lipinski definition) is 3. The first kappa shape index (κ1) is 15.3. The summed E-state index contributed by atoms with van der Waals surface area (Å²) >= 11 is 0. The maximum Gasteiger partial charge on any atom is 0.257 e. The van der Waals surface area contributed by atoms with E-state index >= 15 is 0 Å². The molecule has 1 unspecified atom stereocenters. The molecule has 1 aliphatic carbocycles. The largest absolute Gasteiger partial charge is 0.490 e. The van der Waals surface area contributed by atoms with Gasteiger partial charge in [0.2, 0.25) is 0 Å². The smallest absolute Gasteiger partial charge is 0.257 e. The molecule has 0 N–H and O–H groups in total. The third-order valence-corrected chi connectivity index (χ3v) is 4.68. The number of rotatable bonds is 5. The molecule has 2 fully saturated rings. The fourth-order valence-electron chi connectivity index (χ4n) is 3.09. The van der Waals surface area contributed by atoms with Crippen molar-refractivity contribution in [2.24, 2.45) is 0 Å². The number of piperazine rings is 1. The molecular weight excluding hydrogens is 276 g/mol. The summed E-state index contributed by atoms with van der Waals surface area (Å²) in [5.41, 5.74) is 0.720. The van der Waals surface area contributed by atoms with E-state index in [4.69, 9.17) is 4.74 Å². The Morgan fingerprint density at radius 1 is 1.23 bits per heavy atom. The van der Waals surface area contributed by atoms with Crippen LogP contribution in [0.1, 0.15) is 43.5 Å². The van der Waals surface area contributed by atoms with Crippen molar-refractivity contribution in [3.05, 3.63) is 29.8 Å². The minimum Gasteiger partial charge on any atom is -0.490 e. The summed E-state index contributed by atoms with van der Waals surface area (Å²) in [6, 6.07) is 8.00. The highest BCUT2D eigenvalue weighted by molar-refractivity contribution is 5.97. The minimum absolute atomic E-state index is 0.124. The zero-order valence-corrected chi connectivity index (χ0v) is 13.6. The Morgan fingerprint density at radius 3 is 2.68 bits per heavy atom. The Labute approximate surface area is 133 Å². The van der Waals surface area contributed by atoms with Crippen molar-refractivity contribution in [2.75, 3.05) is 26.2 Å². The van der Waals surface area contributed by atoms with Crippen LogP contribution < -0.4 is 4.74 Å². The Bertz CT molecular complexity index is 528. The fraction of sp³-hybridized carbons (Fsp3) is 0.611. The number of amides is 1. The molecule has 0 aromatic heterocycles. The van der Waals surface area contributed by atoms with Crippen LogP contribution in [0.4, 0.5) is 0 Å². The first-order valence-corrected chi connectivity index (χ1v) is 8.52. The normalized spacial score (nSPS) is 22.6.